The quantitative estimate of drug-likeness (QED) is 0.781. The van der Waals surface area contributed by atoms with Crippen molar-refractivity contribution in [3.8, 4) is 5.75 Å². The fourth-order valence-corrected chi connectivity index (χ4v) is 2.28. The molecule has 1 unspecified atom stereocenters. The predicted octanol–water partition coefficient (Wildman–Crippen LogP) is 3.27. The predicted molar refractivity (Wildman–Crippen MR) is 96.6 cm³/mol. The van der Waals surface area contributed by atoms with Crippen molar-refractivity contribution in [1.29, 1.82) is 0 Å². The molecule has 0 saturated carbocycles. The third-order valence-corrected chi connectivity index (χ3v) is 3.86. The largest absolute Gasteiger partial charge is 0.497 e. The summed E-state index contributed by atoms with van der Waals surface area (Å²) in [4.78, 5) is 16.4. The Balaban J connectivity index is 1.89. The van der Waals surface area contributed by atoms with E-state index in [1.165, 1.54) is 0 Å². The molecule has 1 aromatic carbocycles. The highest BCUT2D eigenvalue weighted by Crippen LogP contribution is 2.13. The number of aromatic nitrogens is 1. The van der Waals surface area contributed by atoms with E-state index in [-0.39, 0.29) is 5.91 Å². The van der Waals surface area contributed by atoms with Crippen molar-refractivity contribution >= 4 is 11.6 Å². The van der Waals surface area contributed by atoms with Crippen LogP contribution in [-0.4, -0.2) is 30.6 Å². The molecule has 0 bridgehead atoms. The maximum absolute atomic E-state index is 12.3. The molecule has 0 radical (unpaired) electrons. The number of anilines is 1. The van der Waals surface area contributed by atoms with Gasteiger partial charge in [0.05, 0.1) is 18.4 Å². The van der Waals surface area contributed by atoms with Crippen molar-refractivity contribution < 1.29 is 9.53 Å². The van der Waals surface area contributed by atoms with E-state index in [1.54, 1.807) is 19.5 Å². The Labute approximate surface area is 143 Å². The highest BCUT2D eigenvalue weighted by Gasteiger charge is 2.08. The Morgan fingerprint density at radius 3 is 2.88 bits per heavy atom. The Morgan fingerprint density at radius 2 is 2.12 bits per heavy atom. The Bertz CT molecular complexity index is 673. The molecule has 128 valence electrons. The minimum Gasteiger partial charge on any atom is -0.497 e. The first-order valence-corrected chi connectivity index (χ1v) is 8.25. The Hall–Kier alpha value is -2.56. The van der Waals surface area contributed by atoms with Gasteiger partial charge in [-0.2, -0.15) is 0 Å². The number of amides is 1. The van der Waals surface area contributed by atoms with Crippen LogP contribution in [0.4, 0.5) is 5.69 Å². The summed E-state index contributed by atoms with van der Waals surface area (Å²) < 4.78 is 5.20. The normalized spacial score (nSPS) is 11.6. The van der Waals surface area contributed by atoms with Crippen molar-refractivity contribution in [2.24, 2.45) is 0 Å². The lowest BCUT2D eigenvalue weighted by molar-refractivity contribution is 0.0954. The Morgan fingerprint density at radius 1 is 1.29 bits per heavy atom. The van der Waals surface area contributed by atoms with Gasteiger partial charge in [-0.25, -0.2) is 0 Å². The van der Waals surface area contributed by atoms with E-state index in [1.807, 2.05) is 30.3 Å². The van der Waals surface area contributed by atoms with E-state index in [0.717, 1.165) is 29.8 Å². The number of carbonyl (C=O) groups excluding carboxylic acids is 1. The fraction of sp³-hybridized carbons (Fsp3) is 0.368. The van der Waals surface area contributed by atoms with Crippen LogP contribution >= 0.6 is 0 Å². The van der Waals surface area contributed by atoms with Crippen LogP contribution in [0.2, 0.25) is 0 Å². The smallest absolute Gasteiger partial charge is 0.252 e. The van der Waals surface area contributed by atoms with Gasteiger partial charge in [0.25, 0.3) is 5.91 Å². The second-order valence-corrected chi connectivity index (χ2v) is 5.77. The maximum Gasteiger partial charge on any atom is 0.252 e. The number of pyridine rings is 1. The topological polar surface area (TPSA) is 63.2 Å². The van der Waals surface area contributed by atoms with Crippen molar-refractivity contribution in [2.75, 3.05) is 19.0 Å². The van der Waals surface area contributed by atoms with Crippen LogP contribution in [-0.2, 0) is 6.42 Å². The average Bonchev–Trinajstić information content (AvgIpc) is 2.62. The number of rotatable bonds is 8. The molecule has 2 aromatic rings. The number of benzene rings is 1. The van der Waals surface area contributed by atoms with Gasteiger partial charge < -0.3 is 15.4 Å². The summed E-state index contributed by atoms with van der Waals surface area (Å²) in [5.74, 6) is 0.713. The minimum absolute atomic E-state index is 0.113. The highest BCUT2D eigenvalue weighted by molar-refractivity contribution is 5.94. The molecule has 0 aliphatic heterocycles. The summed E-state index contributed by atoms with van der Waals surface area (Å²) >= 11 is 0. The maximum atomic E-state index is 12.3. The van der Waals surface area contributed by atoms with Gasteiger partial charge in [0.2, 0.25) is 0 Å². The summed E-state index contributed by atoms with van der Waals surface area (Å²) in [5.41, 5.74) is 2.55. The molecule has 0 aliphatic rings. The molecule has 0 aliphatic carbocycles. The highest BCUT2D eigenvalue weighted by atomic mass is 16.5. The van der Waals surface area contributed by atoms with Crippen LogP contribution in [0.15, 0.2) is 42.7 Å². The molecule has 0 spiro atoms. The van der Waals surface area contributed by atoms with Gasteiger partial charge in [0.1, 0.15) is 5.75 Å². The third kappa shape index (κ3) is 5.26. The van der Waals surface area contributed by atoms with Gasteiger partial charge in [0.15, 0.2) is 0 Å². The molecule has 5 nitrogen and oxygen atoms in total. The number of nitrogens with one attached hydrogen (secondary N) is 2. The first kappa shape index (κ1) is 17.8. The molecule has 1 atom stereocenters. The van der Waals surface area contributed by atoms with Crippen LogP contribution in [0.3, 0.4) is 0 Å². The van der Waals surface area contributed by atoms with Gasteiger partial charge in [-0.3, -0.25) is 9.78 Å². The Kier molecular flexibility index (Phi) is 6.61. The molecule has 0 saturated heterocycles. The first-order chi connectivity index (χ1) is 11.6. The zero-order chi connectivity index (χ0) is 17.4. The van der Waals surface area contributed by atoms with Crippen LogP contribution in [0, 0.1) is 0 Å². The molecule has 1 amide bonds. The monoisotopic (exact) mass is 327 g/mol. The summed E-state index contributed by atoms with van der Waals surface area (Å²) in [6.45, 7) is 4.77. The standard InChI is InChI=1S/C19H25N3O2/c1-4-14(2)22-17-11-16(12-20-13-17)19(23)21-9-8-15-6-5-7-18(10-15)24-3/h5-7,10-14,22H,4,8-9H2,1-3H3,(H,21,23). The van der Waals surface area contributed by atoms with Crippen molar-refractivity contribution in [1.82, 2.24) is 10.3 Å². The van der Waals surface area contributed by atoms with E-state index in [4.69, 9.17) is 4.74 Å². The van der Waals surface area contributed by atoms with Crippen LogP contribution in [0.25, 0.3) is 0 Å². The van der Waals surface area contributed by atoms with Crippen molar-refractivity contribution in [3.05, 3.63) is 53.9 Å². The first-order valence-electron chi connectivity index (χ1n) is 8.25. The molecule has 1 heterocycles. The summed E-state index contributed by atoms with van der Waals surface area (Å²) in [5, 5.41) is 6.26. The molecule has 2 N–H and O–H groups in total. The van der Waals surface area contributed by atoms with Gasteiger partial charge in [-0.1, -0.05) is 19.1 Å². The van der Waals surface area contributed by atoms with E-state index in [0.29, 0.717) is 18.2 Å². The molecule has 0 fully saturated rings. The molecule has 2 rings (SSSR count). The second kappa shape index (κ2) is 8.91. The molecule has 24 heavy (non-hydrogen) atoms. The van der Waals surface area contributed by atoms with Crippen LogP contribution in [0.5, 0.6) is 5.75 Å². The molecule has 5 heteroatoms. The summed E-state index contributed by atoms with van der Waals surface area (Å²) in [6, 6.07) is 10.0. The lowest BCUT2D eigenvalue weighted by Gasteiger charge is -2.13. The van der Waals surface area contributed by atoms with Gasteiger partial charge in [0, 0.05) is 25.0 Å². The number of carbonyl (C=O) groups is 1. The molecular formula is C19H25N3O2. The number of hydrogen-bond donors (Lipinski definition) is 2. The number of ether oxygens (including phenoxy) is 1. The minimum atomic E-state index is -0.113. The lowest BCUT2D eigenvalue weighted by atomic mass is 10.1. The second-order valence-electron chi connectivity index (χ2n) is 5.77. The number of nitrogens with zero attached hydrogens (tertiary/aromatic N) is 1. The van der Waals surface area contributed by atoms with E-state index in [2.05, 4.69) is 29.5 Å². The summed E-state index contributed by atoms with van der Waals surface area (Å²) in [6.07, 6.45) is 5.08. The van der Waals surface area contributed by atoms with Gasteiger partial charge in [-0.15, -0.1) is 0 Å². The fourth-order valence-electron chi connectivity index (χ4n) is 2.28. The van der Waals surface area contributed by atoms with Crippen molar-refractivity contribution in [3.63, 3.8) is 0 Å². The summed E-state index contributed by atoms with van der Waals surface area (Å²) in [7, 11) is 1.65. The number of methoxy groups -OCH3 is 1. The van der Waals surface area contributed by atoms with E-state index < -0.39 is 0 Å². The van der Waals surface area contributed by atoms with Gasteiger partial charge >= 0.3 is 0 Å². The van der Waals surface area contributed by atoms with Crippen LogP contribution in [0.1, 0.15) is 36.2 Å². The molecular weight excluding hydrogens is 302 g/mol. The zero-order valence-corrected chi connectivity index (χ0v) is 14.5. The average molecular weight is 327 g/mol. The van der Waals surface area contributed by atoms with E-state index in [9.17, 15) is 4.79 Å². The molecule has 1 aromatic heterocycles. The van der Waals surface area contributed by atoms with E-state index >= 15 is 0 Å². The lowest BCUT2D eigenvalue weighted by Crippen LogP contribution is -2.26. The van der Waals surface area contributed by atoms with Crippen molar-refractivity contribution in [2.45, 2.75) is 32.7 Å². The number of hydrogen-bond acceptors (Lipinski definition) is 4. The van der Waals surface area contributed by atoms with Gasteiger partial charge in [-0.05, 0) is 43.5 Å². The van der Waals surface area contributed by atoms with Crippen LogP contribution < -0.4 is 15.4 Å². The zero-order valence-electron chi connectivity index (χ0n) is 14.5. The SMILES string of the molecule is CCC(C)Nc1cncc(C(=O)NCCc2cccc(OC)c2)c1. The third-order valence-electron chi connectivity index (χ3n) is 3.86.